The second-order valence-corrected chi connectivity index (χ2v) is 7.76. The van der Waals surface area contributed by atoms with Crippen LogP contribution in [-0.4, -0.2) is 43.8 Å². The molecule has 0 saturated carbocycles. The van der Waals surface area contributed by atoms with Gasteiger partial charge in [0, 0.05) is 11.3 Å². The van der Waals surface area contributed by atoms with Gasteiger partial charge in [-0.3, -0.25) is 4.68 Å². The van der Waals surface area contributed by atoms with Gasteiger partial charge in [-0.25, -0.2) is 8.42 Å². The highest BCUT2D eigenvalue weighted by Gasteiger charge is 2.31. The molecule has 0 aromatic carbocycles. The molecule has 0 amide bonds. The molecule has 1 atom stereocenters. The SMILES string of the molecule is Cc1nn([C@H]2CCS(=O)(=O)C2)c(C)c1C[NH+](C)C. The average Bonchev–Trinajstić information content (AvgIpc) is 2.72. The Balaban J connectivity index is 2.30. The third-order valence-corrected chi connectivity index (χ3v) is 5.31. The van der Waals surface area contributed by atoms with E-state index in [2.05, 4.69) is 19.2 Å². The van der Waals surface area contributed by atoms with Gasteiger partial charge in [0.1, 0.15) is 6.54 Å². The number of nitrogens with one attached hydrogen (secondary N) is 1. The van der Waals surface area contributed by atoms with E-state index in [-0.39, 0.29) is 11.8 Å². The van der Waals surface area contributed by atoms with E-state index in [1.54, 1.807) is 0 Å². The van der Waals surface area contributed by atoms with Gasteiger partial charge >= 0.3 is 0 Å². The van der Waals surface area contributed by atoms with Crippen LogP contribution >= 0.6 is 0 Å². The molecule has 1 aliphatic rings. The van der Waals surface area contributed by atoms with Gasteiger partial charge in [0.2, 0.25) is 0 Å². The van der Waals surface area contributed by atoms with Crippen LogP contribution < -0.4 is 4.90 Å². The molecule has 1 fully saturated rings. The zero-order valence-electron chi connectivity index (χ0n) is 11.5. The predicted molar refractivity (Wildman–Crippen MR) is 70.5 cm³/mol. The lowest BCUT2D eigenvalue weighted by atomic mass is 10.2. The lowest BCUT2D eigenvalue weighted by molar-refractivity contribution is -0.872. The van der Waals surface area contributed by atoms with Crippen molar-refractivity contribution in [1.82, 2.24) is 9.78 Å². The predicted octanol–water partition coefficient (Wildman–Crippen LogP) is -0.496. The molecule has 0 aliphatic carbocycles. The minimum atomic E-state index is -2.85. The van der Waals surface area contributed by atoms with E-state index in [1.807, 2.05) is 18.5 Å². The van der Waals surface area contributed by atoms with Crippen molar-refractivity contribution >= 4 is 9.84 Å². The summed E-state index contributed by atoms with van der Waals surface area (Å²) in [5, 5.41) is 4.55. The first-order valence-corrected chi connectivity index (χ1v) is 8.16. The summed E-state index contributed by atoms with van der Waals surface area (Å²) in [6, 6.07) is 0.0274. The van der Waals surface area contributed by atoms with Crippen LogP contribution in [0.5, 0.6) is 0 Å². The standard InChI is InChI=1S/C12H21N3O2S/c1-9-12(7-14(3)4)10(2)15(13-9)11-5-6-18(16,17)8-11/h11H,5-8H2,1-4H3/p+1/t11-/m0/s1. The molecule has 1 saturated heterocycles. The van der Waals surface area contributed by atoms with Crippen molar-refractivity contribution in [2.24, 2.45) is 0 Å². The molecule has 0 spiro atoms. The normalized spacial score (nSPS) is 22.8. The fraction of sp³-hybridized carbons (Fsp3) is 0.750. The van der Waals surface area contributed by atoms with Crippen LogP contribution in [-0.2, 0) is 16.4 Å². The maximum absolute atomic E-state index is 11.5. The molecular formula is C12H22N3O2S+. The molecule has 102 valence electrons. The van der Waals surface area contributed by atoms with Crippen molar-refractivity contribution in [3.8, 4) is 0 Å². The summed E-state index contributed by atoms with van der Waals surface area (Å²) in [6.07, 6.45) is 0.693. The van der Waals surface area contributed by atoms with Crippen LogP contribution in [0.1, 0.15) is 29.4 Å². The van der Waals surface area contributed by atoms with E-state index in [1.165, 1.54) is 10.5 Å². The highest BCUT2D eigenvalue weighted by atomic mass is 32.2. The second kappa shape index (κ2) is 4.66. The molecule has 0 bridgehead atoms. The first-order valence-electron chi connectivity index (χ1n) is 6.34. The quantitative estimate of drug-likeness (QED) is 0.807. The van der Waals surface area contributed by atoms with Crippen LogP contribution in [0.25, 0.3) is 0 Å². The van der Waals surface area contributed by atoms with Gasteiger partial charge in [0.15, 0.2) is 9.84 Å². The molecule has 0 radical (unpaired) electrons. The van der Waals surface area contributed by atoms with Gasteiger partial charge in [-0.05, 0) is 20.3 Å². The lowest BCUT2D eigenvalue weighted by Gasteiger charge is -2.12. The van der Waals surface area contributed by atoms with E-state index in [9.17, 15) is 8.42 Å². The largest absolute Gasteiger partial charge is 0.336 e. The van der Waals surface area contributed by atoms with Crippen LogP contribution in [0.2, 0.25) is 0 Å². The van der Waals surface area contributed by atoms with E-state index >= 15 is 0 Å². The number of aromatic nitrogens is 2. The molecule has 1 N–H and O–H groups in total. The zero-order chi connectivity index (χ0) is 13.5. The Morgan fingerprint density at radius 3 is 2.56 bits per heavy atom. The summed E-state index contributed by atoms with van der Waals surface area (Å²) in [5.74, 6) is 0.535. The minimum absolute atomic E-state index is 0.0274. The van der Waals surface area contributed by atoms with Crippen molar-refractivity contribution in [3.05, 3.63) is 17.0 Å². The van der Waals surface area contributed by atoms with E-state index in [0.717, 1.165) is 17.9 Å². The lowest BCUT2D eigenvalue weighted by Crippen LogP contribution is -3.04. The van der Waals surface area contributed by atoms with Crippen molar-refractivity contribution in [3.63, 3.8) is 0 Å². The molecular weight excluding hydrogens is 250 g/mol. The molecule has 6 heteroatoms. The number of hydrogen-bond acceptors (Lipinski definition) is 3. The number of rotatable bonds is 3. The highest BCUT2D eigenvalue weighted by Crippen LogP contribution is 2.26. The van der Waals surface area contributed by atoms with Crippen molar-refractivity contribution in [2.75, 3.05) is 25.6 Å². The third kappa shape index (κ3) is 2.59. The van der Waals surface area contributed by atoms with Crippen LogP contribution in [0, 0.1) is 13.8 Å². The van der Waals surface area contributed by atoms with Crippen LogP contribution in [0.3, 0.4) is 0 Å². The van der Waals surface area contributed by atoms with Crippen molar-refractivity contribution in [2.45, 2.75) is 32.9 Å². The summed E-state index contributed by atoms with van der Waals surface area (Å²) < 4.78 is 25.0. The topological polar surface area (TPSA) is 56.4 Å². The van der Waals surface area contributed by atoms with Gasteiger partial charge in [-0.15, -0.1) is 0 Å². The first-order chi connectivity index (χ1) is 8.30. The van der Waals surface area contributed by atoms with E-state index < -0.39 is 9.84 Å². The maximum Gasteiger partial charge on any atom is 0.152 e. The molecule has 1 aromatic rings. The average molecular weight is 272 g/mol. The maximum atomic E-state index is 11.5. The number of nitrogens with zero attached hydrogens (tertiary/aromatic N) is 2. The van der Waals surface area contributed by atoms with Gasteiger partial charge < -0.3 is 4.90 Å². The first kappa shape index (κ1) is 13.5. The van der Waals surface area contributed by atoms with Crippen molar-refractivity contribution < 1.29 is 13.3 Å². The second-order valence-electron chi connectivity index (χ2n) is 5.53. The Bertz CT molecular complexity index is 546. The fourth-order valence-corrected chi connectivity index (χ4v) is 4.32. The molecule has 1 aliphatic heterocycles. The Morgan fingerprint density at radius 1 is 1.39 bits per heavy atom. The molecule has 18 heavy (non-hydrogen) atoms. The summed E-state index contributed by atoms with van der Waals surface area (Å²) >= 11 is 0. The molecule has 2 heterocycles. The van der Waals surface area contributed by atoms with Gasteiger partial charge in [-0.2, -0.15) is 5.10 Å². The minimum Gasteiger partial charge on any atom is -0.336 e. The Labute approximate surface area is 109 Å². The third-order valence-electron chi connectivity index (χ3n) is 3.56. The summed E-state index contributed by atoms with van der Waals surface area (Å²) in [6.45, 7) is 4.98. The van der Waals surface area contributed by atoms with Gasteiger partial charge in [0.05, 0.1) is 37.3 Å². The Morgan fingerprint density at radius 2 is 2.06 bits per heavy atom. The van der Waals surface area contributed by atoms with E-state index in [4.69, 9.17) is 0 Å². The van der Waals surface area contributed by atoms with Crippen LogP contribution in [0.15, 0.2) is 0 Å². The number of quaternary nitrogens is 1. The highest BCUT2D eigenvalue weighted by molar-refractivity contribution is 7.91. The van der Waals surface area contributed by atoms with Crippen molar-refractivity contribution in [1.29, 1.82) is 0 Å². The summed E-state index contributed by atoms with van der Waals surface area (Å²) in [5.41, 5.74) is 3.40. The van der Waals surface area contributed by atoms with Crippen LogP contribution in [0.4, 0.5) is 0 Å². The fourth-order valence-electron chi connectivity index (χ4n) is 2.63. The summed E-state index contributed by atoms with van der Waals surface area (Å²) in [4.78, 5) is 1.35. The monoisotopic (exact) mass is 272 g/mol. The Kier molecular flexibility index (Phi) is 3.51. The molecule has 1 aromatic heterocycles. The molecule has 2 rings (SSSR count). The number of hydrogen-bond donors (Lipinski definition) is 1. The summed E-state index contributed by atoms with van der Waals surface area (Å²) in [7, 11) is 1.36. The van der Waals surface area contributed by atoms with E-state index in [0.29, 0.717) is 12.2 Å². The number of aryl methyl sites for hydroxylation is 1. The number of sulfone groups is 1. The zero-order valence-corrected chi connectivity index (χ0v) is 12.3. The molecule has 5 nitrogen and oxygen atoms in total. The van der Waals surface area contributed by atoms with Gasteiger partial charge in [0.25, 0.3) is 0 Å². The Hall–Kier alpha value is -0.880. The van der Waals surface area contributed by atoms with Gasteiger partial charge in [-0.1, -0.05) is 0 Å². The molecule has 0 unspecified atom stereocenters. The smallest absolute Gasteiger partial charge is 0.152 e.